The second-order valence-corrected chi connectivity index (χ2v) is 6.37. The number of guanidine groups is 1. The minimum atomic E-state index is 0.761. The largest absolute Gasteiger partial charge is 0.497 e. The molecule has 134 valence electrons. The highest BCUT2D eigenvalue weighted by molar-refractivity contribution is 5.79. The van der Waals surface area contributed by atoms with Gasteiger partial charge in [0.25, 0.3) is 0 Å². The highest BCUT2D eigenvalue weighted by Crippen LogP contribution is 2.28. The van der Waals surface area contributed by atoms with Gasteiger partial charge in [0.05, 0.1) is 13.7 Å². The molecule has 0 saturated heterocycles. The summed E-state index contributed by atoms with van der Waals surface area (Å²) in [5.74, 6) is 2.67. The number of ether oxygens (including phenoxy) is 2. The Morgan fingerprint density at radius 2 is 2.21 bits per heavy atom. The third-order valence-electron chi connectivity index (χ3n) is 4.25. The normalized spacial score (nSPS) is 14.5. The molecule has 0 spiro atoms. The van der Waals surface area contributed by atoms with Gasteiger partial charge in [-0.15, -0.1) is 0 Å². The van der Waals surface area contributed by atoms with Crippen LogP contribution in [0.3, 0.4) is 0 Å². The first-order valence-corrected chi connectivity index (χ1v) is 8.85. The van der Waals surface area contributed by atoms with Crippen molar-refractivity contribution in [1.29, 1.82) is 0 Å². The zero-order valence-electron chi connectivity index (χ0n) is 15.3. The molecule has 1 aromatic rings. The van der Waals surface area contributed by atoms with Gasteiger partial charge in [-0.2, -0.15) is 0 Å². The van der Waals surface area contributed by atoms with E-state index in [2.05, 4.69) is 34.4 Å². The number of aliphatic imine (C=N–C) groups is 1. The average Bonchev–Trinajstić information content (AvgIpc) is 3.43. The molecule has 0 aromatic heterocycles. The fourth-order valence-corrected chi connectivity index (χ4v) is 2.55. The first kappa shape index (κ1) is 18.6. The fraction of sp³-hybridized carbons (Fsp3) is 0.632. The summed E-state index contributed by atoms with van der Waals surface area (Å²) in [6.07, 6.45) is 4.76. The van der Waals surface area contributed by atoms with E-state index in [-0.39, 0.29) is 0 Å². The van der Waals surface area contributed by atoms with Crippen LogP contribution < -0.4 is 10.1 Å². The molecule has 0 amide bonds. The molecule has 0 atom stereocenters. The number of rotatable bonds is 10. The first-order valence-electron chi connectivity index (χ1n) is 8.85. The molecule has 2 rings (SSSR count). The molecule has 1 aromatic carbocycles. The lowest BCUT2D eigenvalue weighted by Gasteiger charge is -2.22. The van der Waals surface area contributed by atoms with Crippen LogP contribution in [0.4, 0.5) is 0 Å². The summed E-state index contributed by atoms with van der Waals surface area (Å²) in [4.78, 5) is 6.47. The van der Waals surface area contributed by atoms with Gasteiger partial charge < -0.3 is 19.7 Å². The van der Waals surface area contributed by atoms with Crippen LogP contribution in [-0.4, -0.2) is 58.4 Å². The monoisotopic (exact) mass is 333 g/mol. The number of nitrogens with zero attached hydrogens (tertiary/aromatic N) is 2. The third-order valence-corrected chi connectivity index (χ3v) is 4.25. The van der Waals surface area contributed by atoms with Crippen LogP contribution in [0.1, 0.15) is 24.8 Å². The molecule has 1 fully saturated rings. The molecule has 24 heavy (non-hydrogen) atoms. The van der Waals surface area contributed by atoms with Crippen LogP contribution in [0, 0.1) is 5.92 Å². The van der Waals surface area contributed by atoms with Crippen molar-refractivity contribution in [2.24, 2.45) is 10.9 Å². The first-order chi connectivity index (χ1) is 11.7. The molecule has 0 aliphatic heterocycles. The van der Waals surface area contributed by atoms with Crippen molar-refractivity contribution < 1.29 is 9.47 Å². The summed E-state index contributed by atoms with van der Waals surface area (Å²) in [7, 11) is 5.58. The number of likely N-dealkylation sites (N-methyl/N-ethyl adjacent to an activating group) is 1. The maximum atomic E-state index is 5.69. The standard InChI is InChI=1S/C19H31N3O2/c1-20-19(22(2)12-13-24-15-17-9-10-17)21-11-5-7-16-6-4-8-18(14-16)23-3/h4,6,8,14,17H,5,7,9-13,15H2,1-3H3,(H,20,21). The van der Waals surface area contributed by atoms with Crippen LogP contribution in [0.25, 0.3) is 0 Å². The Morgan fingerprint density at radius 3 is 2.92 bits per heavy atom. The Kier molecular flexibility index (Phi) is 7.89. The Hall–Kier alpha value is -1.75. The summed E-state index contributed by atoms with van der Waals surface area (Å²) in [5.41, 5.74) is 1.30. The summed E-state index contributed by atoms with van der Waals surface area (Å²) < 4.78 is 11.0. The van der Waals surface area contributed by atoms with Crippen LogP contribution in [0.5, 0.6) is 5.75 Å². The van der Waals surface area contributed by atoms with Crippen molar-refractivity contribution in [1.82, 2.24) is 10.2 Å². The van der Waals surface area contributed by atoms with Crippen LogP contribution in [-0.2, 0) is 11.2 Å². The lowest BCUT2D eigenvalue weighted by Crippen LogP contribution is -2.41. The van der Waals surface area contributed by atoms with Gasteiger partial charge in [0, 0.05) is 33.8 Å². The summed E-state index contributed by atoms with van der Waals surface area (Å²) in [6.45, 7) is 3.44. The molecule has 0 unspecified atom stereocenters. The fourth-order valence-electron chi connectivity index (χ4n) is 2.55. The van der Waals surface area contributed by atoms with Crippen molar-refractivity contribution in [3.63, 3.8) is 0 Å². The van der Waals surface area contributed by atoms with Gasteiger partial charge in [-0.05, 0) is 49.3 Å². The highest BCUT2D eigenvalue weighted by Gasteiger charge is 2.21. The molecule has 1 saturated carbocycles. The van der Waals surface area contributed by atoms with E-state index in [4.69, 9.17) is 9.47 Å². The number of methoxy groups -OCH3 is 1. The average molecular weight is 333 g/mol. The van der Waals surface area contributed by atoms with E-state index in [0.717, 1.165) is 56.8 Å². The van der Waals surface area contributed by atoms with E-state index < -0.39 is 0 Å². The minimum absolute atomic E-state index is 0.761. The minimum Gasteiger partial charge on any atom is -0.497 e. The summed E-state index contributed by atoms with van der Waals surface area (Å²) >= 11 is 0. The molecule has 0 bridgehead atoms. The van der Waals surface area contributed by atoms with Crippen molar-refractivity contribution in [3.05, 3.63) is 29.8 Å². The van der Waals surface area contributed by atoms with E-state index >= 15 is 0 Å². The van der Waals surface area contributed by atoms with Gasteiger partial charge in [-0.25, -0.2) is 0 Å². The molecule has 1 aliphatic rings. The highest BCUT2D eigenvalue weighted by atomic mass is 16.5. The molecule has 5 heteroatoms. The third kappa shape index (κ3) is 6.79. The molecule has 5 nitrogen and oxygen atoms in total. The topological polar surface area (TPSA) is 46.1 Å². The Labute approximate surface area is 146 Å². The van der Waals surface area contributed by atoms with Crippen molar-refractivity contribution in [3.8, 4) is 5.75 Å². The van der Waals surface area contributed by atoms with Crippen molar-refractivity contribution in [2.75, 3.05) is 47.5 Å². The predicted molar refractivity (Wildman–Crippen MR) is 98.8 cm³/mol. The van der Waals surface area contributed by atoms with E-state index in [9.17, 15) is 0 Å². The van der Waals surface area contributed by atoms with E-state index in [1.165, 1.54) is 18.4 Å². The number of hydrogen-bond acceptors (Lipinski definition) is 3. The zero-order valence-corrected chi connectivity index (χ0v) is 15.3. The maximum Gasteiger partial charge on any atom is 0.193 e. The lowest BCUT2D eigenvalue weighted by molar-refractivity contribution is 0.115. The number of aryl methyl sites for hydroxylation is 1. The molecule has 1 aliphatic carbocycles. The van der Waals surface area contributed by atoms with E-state index in [0.29, 0.717) is 0 Å². The van der Waals surface area contributed by atoms with Gasteiger partial charge in [0.15, 0.2) is 5.96 Å². The summed E-state index contributed by atoms with van der Waals surface area (Å²) in [5, 5.41) is 3.42. The summed E-state index contributed by atoms with van der Waals surface area (Å²) in [6, 6.07) is 8.25. The van der Waals surface area contributed by atoms with Crippen LogP contribution in [0.2, 0.25) is 0 Å². The Balaban J connectivity index is 1.61. The molecule has 1 N–H and O–H groups in total. The van der Waals surface area contributed by atoms with Crippen molar-refractivity contribution in [2.45, 2.75) is 25.7 Å². The SMILES string of the molecule is CN=C(NCCCc1cccc(OC)c1)N(C)CCOCC1CC1. The molecular weight excluding hydrogens is 302 g/mol. The van der Waals surface area contributed by atoms with Crippen LogP contribution >= 0.6 is 0 Å². The molecule has 0 heterocycles. The smallest absolute Gasteiger partial charge is 0.193 e. The second-order valence-electron chi connectivity index (χ2n) is 6.37. The van der Waals surface area contributed by atoms with E-state index in [1.807, 2.05) is 19.2 Å². The Morgan fingerprint density at radius 1 is 1.38 bits per heavy atom. The number of nitrogens with one attached hydrogen (secondary N) is 1. The van der Waals surface area contributed by atoms with Gasteiger partial charge in [-0.3, -0.25) is 4.99 Å². The molecular formula is C19H31N3O2. The maximum absolute atomic E-state index is 5.69. The van der Waals surface area contributed by atoms with Crippen molar-refractivity contribution >= 4 is 5.96 Å². The second kappa shape index (κ2) is 10.2. The van der Waals surface area contributed by atoms with Gasteiger partial charge in [0.1, 0.15) is 5.75 Å². The zero-order chi connectivity index (χ0) is 17.2. The number of benzene rings is 1. The number of hydrogen-bond donors (Lipinski definition) is 1. The predicted octanol–water partition coefficient (Wildman–Crippen LogP) is 2.56. The quantitative estimate of drug-likeness (QED) is 0.406. The molecule has 0 radical (unpaired) electrons. The Bertz CT molecular complexity index is 515. The van der Waals surface area contributed by atoms with E-state index in [1.54, 1.807) is 7.11 Å². The lowest BCUT2D eigenvalue weighted by atomic mass is 10.1. The van der Waals surface area contributed by atoms with Gasteiger partial charge in [-0.1, -0.05) is 12.1 Å². The van der Waals surface area contributed by atoms with Crippen LogP contribution in [0.15, 0.2) is 29.3 Å². The van der Waals surface area contributed by atoms with Gasteiger partial charge in [0.2, 0.25) is 0 Å². The van der Waals surface area contributed by atoms with Gasteiger partial charge >= 0.3 is 0 Å².